The van der Waals surface area contributed by atoms with Gasteiger partial charge in [-0.05, 0) is 51.3 Å². The lowest BCUT2D eigenvalue weighted by Crippen LogP contribution is -2.44. The van der Waals surface area contributed by atoms with E-state index in [9.17, 15) is 8.42 Å². The van der Waals surface area contributed by atoms with Crippen molar-refractivity contribution in [3.63, 3.8) is 0 Å². The van der Waals surface area contributed by atoms with Crippen LogP contribution >= 0.6 is 0 Å². The highest BCUT2D eigenvalue weighted by Crippen LogP contribution is 2.30. The second kappa shape index (κ2) is 7.82. The average molecular weight is 391 g/mol. The van der Waals surface area contributed by atoms with Gasteiger partial charge >= 0.3 is 0 Å². The summed E-state index contributed by atoms with van der Waals surface area (Å²) in [5, 5.41) is 0. The fourth-order valence-corrected chi connectivity index (χ4v) is 5.01. The van der Waals surface area contributed by atoms with Crippen molar-refractivity contribution in [2.75, 3.05) is 20.2 Å². The van der Waals surface area contributed by atoms with Crippen molar-refractivity contribution in [2.24, 2.45) is 0 Å². The van der Waals surface area contributed by atoms with E-state index in [0.717, 1.165) is 24.1 Å². The molecular weight excluding hydrogens is 366 g/mol. The number of methoxy groups -OCH3 is 1. The number of aromatic nitrogens is 2. The minimum absolute atomic E-state index is 0.194. The largest absolute Gasteiger partial charge is 0.495 e. The fourth-order valence-electron chi connectivity index (χ4n) is 3.26. The van der Waals surface area contributed by atoms with Gasteiger partial charge in [0.25, 0.3) is 0 Å². The molecule has 1 aromatic heterocycles. The van der Waals surface area contributed by atoms with Gasteiger partial charge in [0.2, 0.25) is 15.9 Å². The predicted octanol–water partition coefficient (Wildman–Crippen LogP) is 2.64. The third-order valence-electron chi connectivity index (χ3n) is 4.51. The SMILES string of the molecule is COc1ccc(C)cc1S(=O)(=O)N1CCC[C@@H](Oc2cc(C)nc(C)n2)C1. The Hall–Kier alpha value is -2.19. The standard InChI is InChI=1S/C19H25N3O4S/c1-13-7-8-17(25-4)18(10-13)27(23,24)22-9-5-6-16(12-22)26-19-11-14(2)20-15(3)21-19/h7-8,10-11,16H,5-6,9,12H2,1-4H3/t16-/m1/s1. The first-order valence-corrected chi connectivity index (χ1v) is 10.4. The van der Waals surface area contributed by atoms with Gasteiger partial charge in [-0.15, -0.1) is 0 Å². The van der Waals surface area contributed by atoms with E-state index in [1.54, 1.807) is 18.2 Å². The van der Waals surface area contributed by atoms with Crippen LogP contribution in [0.3, 0.4) is 0 Å². The molecule has 1 aromatic carbocycles. The summed E-state index contributed by atoms with van der Waals surface area (Å²) in [5.41, 5.74) is 1.69. The Morgan fingerprint density at radius 1 is 1.15 bits per heavy atom. The van der Waals surface area contributed by atoms with Crippen molar-refractivity contribution < 1.29 is 17.9 Å². The minimum atomic E-state index is -3.67. The van der Waals surface area contributed by atoms with Gasteiger partial charge in [-0.3, -0.25) is 0 Å². The summed E-state index contributed by atoms with van der Waals surface area (Å²) in [5.74, 6) is 1.47. The van der Waals surface area contributed by atoms with Crippen LogP contribution in [0.15, 0.2) is 29.2 Å². The number of nitrogens with zero attached hydrogens (tertiary/aromatic N) is 3. The van der Waals surface area contributed by atoms with E-state index >= 15 is 0 Å². The summed E-state index contributed by atoms with van der Waals surface area (Å²) < 4.78 is 39.1. The normalized spacial score (nSPS) is 18.3. The molecule has 3 rings (SSSR count). The van der Waals surface area contributed by atoms with Crippen LogP contribution in [-0.4, -0.2) is 49.0 Å². The average Bonchev–Trinajstić information content (AvgIpc) is 2.61. The van der Waals surface area contributed by atoms with Crippen molar-refractivity contribution in [3.8, 4) is 11.6 Å². The number of hydrogen-bond donors (Lipinski definition) is 0. The second-order valence-electron chi connectivity index (χ2n) is 6.79. The maximum atomic E-state index is 13.2. The zero-order valence-corrected chi connectivity index (χ0v) is 16.9. The van der Waals surface area contributed by atoms with Crippen LogP contribution in [0.5, 0.6) is 11.6 Å². The first kappa shape index (κ1) is 19.6. The second-order valence-corrected chi connectivity index (χ2v) is 8.70. The van der Waals surface area contributed by atoms with Gasteiger partial charge in [0, 0.05) is 18.3 Å². The minimum Gasteiger partial charge on any atom is -0.495 e. The zero-order valence-electron chi connectivity index (χ0n) is 16.1. The molecule has 146 valence electrons. The van der Waals surface area contributed by atoms with Crippen LogP contribution in [0, 0.1) is 20.8 Å². The van der Waals surface area contributed by atoms with E-state index < -0.39 is 10.0 Å². The molecule has 0 spiro atoms. The van der Waals surface area contributed by atoms with Crippen LogP contribution in [0.1, 0.15) is 29.9 Å². The fraction of sp³-hybridized carbons (Fsp3) is 0.474. The van der Waals surface area contributed by atoms with Gasteiger partial charge in [0.05, 0.1) is 13.7 Å². The Balaban J connectivity index is 1.82. The number of hydrogen-bond acceptors (Lipinski definition) is 6. The third kappa shape index (κ3) is 4.39. The summed E-state index contributed by atoms with van der Waals surface area (Å²) in [6.45, 7) is 6.29. The van der Waals surface area contributed by atoms with Crippen LogP contribution in [0.2, 0.25) is 0 Å². The number of sulfonamides is 1. The molecular formula is C19H25N3O4S. The monoisotopic (exact) mass is 391 g/mol. The van der Waals surface area contributed by atoms with E-state index in [2.05, 4.69) is 9.97 Å². The van der Waals surface area contributed by atoms with Gasteiger partial charge in [-0.25, -0.2) is 13.4 Å². The predicted molar refractivity (Wildman–Crippen MR) is 102 cm³/mol. The van der Waals surface area contributed by atoms with Crippen LogP contribution in [-0.2, 0) is 10.0 Å². The molecule has 7 nitrogen and oxygen atoms in total. The molecule has 2 aromatic rings. The van der Waals surface area contributed by atoms with Gasteiger partial charge in [-0.1, -0.05) is 6.07 Å². The van der Waals surface area contributed by atoms with Crippen LogP contribution in [0.4, 0.5) is 0 Å². The smallest absolute Gasteiger partial charge is 0.246 e. The van der Waals surface area contributed by atoms with E-state index in [-0.39, 0.29) is 17.5 Å². The number of aryl methyl sites for hydroxylation is 3. The summed E-state index contributed by atoms with van der Waals surface area (Å²) in [4.78, 5) is 8.72. The topological polar surface area (TPSA) is 81.6 Å². The summed E-state index contributed by atoms with van der Waals surface area (Å²) in [6.07, 6.45) is 1.25. The molecule has 0 N–H and O–H groups in total. The van der Waals surface area contributed by atoms with E-state index in [4.69, 9.17) is 9.47 Å². The molecule has 0 saturated carbocycles. The van der Waals surface area contributed by atoms with Gasteiger partial charge in [0.15, 0.2) is 0 Å². The third-order valence-corrected chi connectivity index (χ3v) is 6.39. The Morgan fingerprint density at radius 2 is 1.93 bits per heavy atom. The van der Waals surface area contributed by atoms with Crippen molar-refractivity contribution in [3.05, 3.63) is 41.3 Å². The molecule has 0 unspecified atom stereocenters. The van der Waals surface area contributed by atoms with Crippen molar-refractivity contribution in [1.82, 2.24) is 14.3 Å². The Labute approximate surface area is 160 Å². The van der Waals surface area contributed by atoms with Crippen molar-refractivity contribution in [2.45, 2.75) is 44.6 Å². The highest BCUT2D eigenvalue weighted by atomic mass is 32.2. The summed E-state index contributed by atoms with van der Waals surface area (Å²) in [7, 11) is -2.20. The lowest BCUT2D eigenvalue weighted by molar-refractivity contribution is 0.124. The molecule has 0 radical (unpaired) electrons. The Morgan fingerprint density at radius 3 is 2.63 bits per heavy atom. The molecule has 0 bridgehead atoms. The molecule has 1 aliphatic heterocycles. The van der Waals surface area contributed by atoms with Gasteiger partial charge in [0.1, 0.15) is 22.6 Å². The molecule has 27 heavy (non-hydrogen) atoms. The lowest BCUT2D eigenvalue weighted by Gasteiger charge is -2.32. The first-order chi connectivity index (χ1) is 12.8. The summed E-state index contributed by atoms with van der Waals surface area (Å²) in [6, 6.07) is 6.94. The highest BCUT2D eigenvalue weighted by Gasteiger charge is 2.33. The number of rotatable bonds is 5. The van der Waals surface area contributed by atoms with Crippen LogP contribution in [0.25, 0.3) is 0 Å². The molecule has 1 atom stereocenters. The molecule has 8 heteroatoms. The lowest BCUT2D eigenvalue weighted by atomic mass is 10.1. The Bertz CT molecular complexity index is 910. The molecule has 1 aliphatic rings. The van der Waals surface area contributed by atoms with Gasteiger partial charge in [-0.2, -0.15) is 9.29 Å². The van der Waals surface area contributed by atoms with E-state index in [0.29, 0.717) is 24.0 Å². The van der Waals surface area contributed by atoms with E-state index in [1.165, 1.54) is 11.4 Å². The number of piperidine rings is 1. The highest BCUT2D eigenvalue weighted by molar-refractivity contribution is 7.89. The van der Waals surface area contributed by atoms with Gasteiger partial charge < -0.3 is 9.47 Å². The Kier molecular flexibility index (Phi) is 5.67. The molecule has 0 aliphatic carbocycles. The molecule has 1 saturated heterocycles. The quantitative estimate of drug-likeness (QED) is 0.779. The van der Waals surface area contributed by atoms with Crippen molar-refractivity contribution in [1.29, 1.82) is 0 Å². The first-order valence-electron chi connectivity index (χ1n) is 8.93. The molecule has 1 fully saturated rings. The zero-order chi connectivity index (χ0) is 19.6. The van der Waals surface area contributed by atoms with Crippen molar-refractivity contribution >= 4 is 10.0 Å². The summed E-state index contributed by atoms with van der Waals surface area (Å²) >= 11 is 0. The maximum absolute atomic E-state index is 13.2. The molecule has 2 heterocycles. The maximum Gasteiger partial charge on any atom is 0.246 e. The van der Waals surface area contributed by atoms with E-state index in [1.807, 2.05) is 26.8 Å². The number of ether oxygens (including phenoxy) is 2. The molecule has 0 amide bonds. The van der Waals surface area contributed by atoms with Crippen LogP contribution < -0.4 is 9.47 Å². The number of benzene rings is 1.